The summed E-state index contributed by atoms with van der Waals surface area (Å²) in [4.78, 5) is 31.9. The normalized spacial score (nSPS) is 24.6. The second-order valence-electron chi connectivity index (χ2n) is 11.1. The van der Waals surface area contributed by atoms with E-state index >= 15 is 0 Å². The Morgan fingerprint density at radius 2 is 1.93 bits per heavy atom. The standard InChI is InChI=1S/C29H38ClN3O6S/c1-16-11-24(40-10-9-34)22(28(36)32-16)13-31-27(35)21-12-23(30)26-25(17(21)2)38-29(3,39-26)18-5-7-19(8-6-18)33-14-20(15-33)37-4/h11-12,18-20,34H,5-10,13-15H2,1-4H3,(H,31,35)(H,32,36). The fraction of sp³-hybridized carbons (Fsp3) is 0.586. The zero-order valence-corrected chi connectivity index (χ0v) is 25.0. The Labute approximate surface area is 243 Å². The van der Waals surface area contributed by atoms with E-state index in [0.29, 0.717) is 51.1 Å². The Morgan fingerprint density at radius 3 is 2.60 bits per heavy atom. The van der Waals surface area contributed by atoms with Crippen molar-refractivity contribution < 1.29 is 24.1 Å². The predicted octanol–water partition coefficient (Wildman–Crippen LogP) is 4.04. The molecule has 3 N–H and O–H groups in total. The Balaban J connectivity index is 1.27. The zero-order chi connectivity index (χ0) is 28.6. The fourth-order valence-electron chi connectivity index (χ4n) is 6.03. The number of aromatic amines is 1. The number of H-pyrrole nitrogens is 1. The van der Waals surface area contributed by atoms with Crippen LogP contribution < -0.4 is 20.3 Å². The summed E-state index contributed by atoms with van der Waals surface area (Å²) >= 11 is 8.01. The summed E-state index contributed by atoms with van der Waals surface area (Å²) in [5.74, 6) is 0.417. The van der Waals surface area contributed by atoms with Crippen LogP contribution in [0, 0.1) is 19.8 Å². The van der Waals surface area contributed by atoms with E-state index < -0.39 is 5.79 Å². The van der Waals surface area contributed by atoms with E-state index in [1.807, 2.05) is 19.9 Å². The van der Waals surface area contributed by atoms with Gasteiger partial charge in [0, 0.05) is 78.7 Å². The number of methoxy groups -OCH3 is 1. The highest BCUT2D eigenvalue weighted by atomic mass is 35.5. The molecule has 218 valence electrons. The molecule has 11 heteroatoms. The van der Waals surface area contributed by atoms with Crippen LogP contribution in [0.3, 0.4) is 0 Å². The summed E-state index contributed by atoms with van der Waals surface area (Å²) in [6.45, 7) is 7.63. The molecule has 1 saturated carbocycles. The molecule has 1 unspecified atom stereocenters. The lowest BCUT2D eigenvalue weighted by Gasteiger charge is -2.47. The summed E-state index contributed by atoms with van der Waals surface area (Å²) in [6, 6.07) is 4.02. The van der Waals surface area contributed by atoms with Crippen molar-refractivity contribution in [1.82, 2.24) is 15.2 Å². The summed E-state index contributed by atoms with van der Waals surface area (Å²) in [5, 5.41) is 12.4. The number of carbonyl (C=O) groups is 1. The Morgan fingerprint density at radius 1 is 1.23 bits per heavy atom. The quantitative estimate of drug-likeness (QED) is 0.375. The topological polar surface area (TPSA) is 113 Å². The molecule has 0 spiro atoms. The number of fused-ring (bicyclic) bond motifs is 1. The highest BCUT2D eigenvalue weighted by Crippen LogP contribution is 2.52. The molecule has 9 nitrogen and oxygen atoms in total. The number of halogens is 1. The maximum Gasteiger partial charge on any atom is 0.254 e. The van der Waals surface area contributed by atoms with Crippen LogP contribution in [0.4, 0.5) is 0 Å². The van der Waals surface area contributed by atoms with Crippen LogP contribution in [0.25, 0.3) is 0 Å². The first kappa shape index (κ1) is 29.3. The molecule has 2 aromatic rings. The highest BCUT2D eigenvalue weighted by Gasteiger charge is 2.48. The maximum absolute atomic E-state index is 13.3. The van der Waals surface area contributed by atoms with Gasteiger partial charge < -0.3 is 29.6 Å². The second-order valence-corrected chi connectivity index (χ2v) is 12.6. The van der Waals surface area contributed by atoms with Gasteiger partial charge in [-0.05, 0) is 51.7 Å². The SMILES string of the molecule is COC1CN(C2CCC(C3(C)Oc4c(Cl)cc(C(=O)NCc5c(SCCO)cc(C)[nH]c5=O)c(C)c4O3)CC2)C1. The van der Waals surface area contributed by atoms with E-state index in [1.165, 1.54) is 11.8 Å². The van der Waals surface area contributed by atoms with Crippen molar-refractivity contribution in [2.24, 2.45) is 5.92 Å². The van der Waals surface area contributed by atoms with Gasteiger partial charge in [-0.1, -0.05) is 11.6 Å². The first-order valence-electron chi connectivity index (χ1n) is 13.9. The van der Waals surface area contributed by atoms with Crippen LogP contribution in [0.1, 0.15) is 59.8 Å². The molecule has 3 heterocycles. The van der Waals surface area contributed by atoms with Gasteiger partial charge >= 0.3 is 0 Å². The van der Waals surface area contributed by atoms with Gasteiger partial charge in [0.25, 0.3) is 17.3 Å². The summed E-state index contributed by atoms with van der Waals surface area (Å²) in [6.07, 6.45) is 4.48. The van der Waals surface area contributed by atoms with E-state index in [4.69, 9.17) is 25.8 Å². The van der Waals surface area contributed by atoms with Crippen molar-refractivity contribution in [2.75, 3.05) is 32.6 Å². The summed E-state index contributed by atoms with van der Waals surface area (Å²) in [7, 11) is 1.77. The van der Waals surface area contributed by atoms with Crippen molar-refractivity contribution in [1.29, 1.82) is 0 Å². The van der Waals surface area contributed by atoms with Gasteiger partial charge in [0.05, 0.1) is 17.7 Å². The van der Waals surface area contributed by atoms with Crippen molar-refractivity contribution in [2.45, 2.75) is 75.8 Å². The minimum absolute atomic E-state index is 0.00911. The number of pyridine rings is 1. The molecule has 1 amide bonds. The third-order valence-corrected chi connectivity index (χ3v) is 9.80. The molecular formula is C29H38ClN3O6S. The number of likely N-dealkylation sites (tertiary alicyclic amines) is 1. The monoisotopic (exact) mass is 591 g/mol. The number of nitrogens with one attached hydrogen (secondary N) is 2. The van der Waals surface area contributed by atoms with Crippen molar-refractivity contribution in [3.8, 4) is 11.5 Å². The molecule has 3 aliphatic rings. The van der Waals surface area contributed by atoms with Gasteiger partial charge in [-0.15, -0.1) is 11.8 Å². The van der Waals surface area contributed by atoms with Gasteiger partial charge in [0.15, 0.2) is 11.5 Å². The molecule has 1 saturated heterocycles. The molecule has 0 radical (unpaired) electrons. The number of hydrogen-bond acceptors (Lipinski definition) is 8. The number of carbonyl (C=O) groups excluding carboxylic acids is 1. The van der Waals surface area contributed by atoms with Crippen LogP contribution in [-0.2, 0) is 11.3 Å². The van der Waals surface area contributed by atoms with E-state index in [9.17, 15) is 14.7 Å². The molecule has 0 bridgehead atoms. The molecule has 40 heavy (non-hydrogen) atoms. The number of aromatic nitrogens is 1. The van der Waals surface area contributed by atoms with Crippen LogP contribution in [0.15, 0.2) is 21.8 Å². The lowest BCUT2D eigenvalue weighted by atomic mass is 9.80. The summed E-state index contributed by atoms with van der Waals surface area (Å²) < 4.78 is 18.3. The Kier molecular flexibility index (Phi) is 8.73. The number of aliphatic hydroxyl groups excluding tert-OH is 1. The number of nitrogens with zero attached hydrogens (tertiary/aromatic N) is 1. The third kappa shape index (κ3) is 5.74. The number of aryl methyl sites for hydroxylation is 1. The van der Waals surface area contributed by atoms with Crippen LogP contribution >= 0.6 is 23.4 Å². The lowest BCUT2D eigenvalue weighted by molar-refractivity contribution is -0.130. The van der Waals surface area contributed by atoms with Gasteiger partial charge in [-0.25, -0.2) is 0 Å². The molecular weight excluding hydrogens is 554 g/mol. The van der Waals surface area contributed by atoms with Crippen molar-refractivity contribution >= 4 is 29.3 Å². The minimum Gasteiger partial charge on any atom is -0.448 e. The number of benzene rings is 1. The predicted molar refractivity (Wildman–Crippen MR) is 155 cm³/mol. The van der Waals surface area contributed by atoms with Gasteiger partial charge in [0.1, 0.15) is 0 Å². The second kappa shape index (κ2) is 11.9. The Hall–Kier alpha value is -2.24. The van der Waals surface area contributed by atoms with Crippen LogP contribution in [-0.4, -0.2) is 71.4 Å². The molecule has 1 aliphatic carbocycles. The molecule has 2 aliphatic heterocycles. The maximum atomic E-state index is 13.3. The number of hydrogen-bond donors (Lipinski definition) is 3. The van der Waals surface area contributed by atoms with Gasteiger partial charge in [0.2, 0.25) is 0 Å². The summed E-state index contributed by atoms with van der Waals surface area (Å²) in [5.41, 5.74) is 1.92. The van der Waals surface area contributed by atoms with Crippen LogP contribution in [0.5, 0.6) is 11.5 Å². The van der Waals surface area contributed by atoms with E-state index in [0.717, 1.165) is 49.4 Å². The Bertz CT molecular complexity index is 1320. The average molecular weight is 592 g/mol. The van der Waals surface area contributed by atoms with E-state index in [-0.39, 0.29) is 30.5 Å². The minimum atomic E-state index is -0.852. The lowest BCUT2D eigenvalue weighted by Crippen LogP contribution is -2.57. The molecule has 1 aromatic heterocycles. The first-order valence-corrected chi connectivity index (χ1v) is 15.2. The molecule has 1 atom stereocenters. The number of rotatable bonds is 9. The van der Waals surface area contributed by atoms with Gasteiger partial charge in [-0.2, -0.15) is 0 Å². The fourth-order valence-corrected chi connectivity index (χ4v) is 7.18. The number of aliphatic hydroxyl groups is 1. The highest BCUT2D eigenvalue weighted by molar-refractivity contribution is 7.99. The zero-order valence-electron chi connectivity index (χ0n) is 23.5. The molecule has 1 aromatic carbocycles. The first-order chi connectivity index (χ1) is 19.1. The largest absolute Gasteiger partial charge is 0.448 e. The van der Waals surface area contributed by atoms with E-state index in [1.54, 1.807) is 20.1 Å². The number of amides is 1. The van der Waals surface area contributed by atoms with Crippen LogP contribution in [0.2, 0.25) is 5.02 Å². The third-order valence-electron chi connectivity index (χ3n) is 8.46. The van der Waals surface area contributed by atoms with Crippen molar-refractivity contribution in [3.63, 3.8) is 0 Å². The van der Waals surface area contributed by atoms with Crippen molar-refractivity contribution in [3.05, 3.63) is 49.9 Å². The molecule has 5 rings (SSSR count). The molecule has 2 fully saturated rings. The van der Waals surface area contributed by atoms with Gasteiger partial charge in [-0.3, -0.25) is 14.5 Å². The average Bonchev–Trinajstić information content (AvgIpc) is 3.28. The number of ether oxygens (including phenoxy) is 3. The van der Waals surface area contributed by atoms with E-state index in [2.05, 4.69) is 15.2 Å². The smallest absolute Gasteiger partial charge is 0.254 e. The number of thioether (sulfide) groups is 1.